The van der Waals surface area contributed by atoms with Gasteiger partial charge in [0.25, 0.3) is 0 Å². The maximum Gasteiger partial charge on any atom is 0.0440 e. The van der Waals surface area contributed by atoms with Crippen LogP contribution in [-0.2, 0) is 12.8 Å². The summed E-state index contributed by atoms with van der Waals surface area (Å²) in [5, 5.41) is 0.943. The Morgan fingerprint density at radius 3 is 2.33 bits per heavy atom. The van der Waals surface area contributed by atoms with E-state index in [1.807, 2.05) is 0 Å². The number of fused-ring (bicyclic) bond motifs is 3. The summed E-state index contributed by atoms with van der Waals surface area (Å²) in [6.45, 7) is 0. The summed E-state index contributed by atoms with van der Waals surface area (Å²) in [4.78, 5) is 0. The first-order valence-electron chi connectivity index (χ1n) is 3.13. The minimum atomic E-state index is 0.943. The number of aryl methyl sites for hydroxylation is 2. The van der Waals surface area contributed by atoms with Crippen LogP contribution in [0, 0.1) is 0 Å². The minimum Gasteiger partial charge on any atom is -0.0840 e. The molecule has 2 aliphatic rings. The third kappa shape index (κ3) is 0.744. The molecule has 0 spiro atoms. The molecule has 0 amide bonds. The van der Waals surface area contributed by atoms with Gasteiger partial charge in [0.15, 0.2) is 0 Å². The lowest BCUT2D eigenvalue weighted by atomic mass is 9.97. The lowest BCUT2D eigenvalue weighted by molar-refractivity contribution is 0.922. The summed E-state index contributed by atoms with van der Waals surface area (Å²) in [5.41, 5.74) is 2.67. The zero-order valence-electron chi connectivity index (χ0n) is 5.02. The molecular formula is C8H7Cl. The molecule has 0 saturated carbocycles. The lowest BCUT2D eigenvalue weighted by Crippen LogP contribution is -1.99. The van der Waals surface area contributed by atoms with Crippen LogP contribution in [0.15, 0.2) is 18.2 Å². The topological polar surface area (TPSA) is 0 Å². The Morgan fingerprint density at radius 2 is 2.11 bits per heavy atom. The second-order valence-corrected chi connectivity index (χ2v) is 2.83. The van der Waals surface area contributed by atoms with Crippen LogP contribution in [0.4, 0.5) is 0 Å². The highest BCUT2D eigenvalue weighted by Crippen LogP contribution is 2.24. The SMILES string of the molecule is Clc1cc2ccc1CC2. The van der Waals surface area contributed by atoms with E-state index in [9.17, 15) is 0 Å². The molecule has 46 valence electrons. The van der Waals surface area contributed by atoms with Crippen molar-refractivity contribution in [2.24, 2.45) is 0 Å². The maximum absolute atomic E-state index is 5.87. The fourth-order valence-corrected chi connectivity index (χ4v) is 1.53. The molecule has 0 N–H and O–H groups in total. The molecule has 0 aliphatic heterocycles. The summed E-state index contributed by atoms with van der Waals surface area (Å²) in [7, 11) is 0. The quantitative estimate of drug-likeness (QED) is 0.517. The molecule has 0 radical (unpaired) electrons. The minimum absolute atomic E-state index is 0.943. The van der Waals surface area contributed by atoms with Gasteiger partial charge >= 0.3 is 0 Å². The molecule has 1 aromatic rings. The maximum atomic E-state index is 5.87. The Bertz CT molecular complexity index is 240. The van der Waals surface area contributed by atoms with Crippen LogP contribution in [0.3, 0.4) is 0 Å². The van der Waals surface area contributed by atoms with E-state index in [-0.39, 0.29) is 0 Å². The molecule has 0 atom stereocenters. The van der Waals surface area contributed by atoms with Gasteiger partial charge in [-0.1, -0.05) is 23.7 Å². The van der Waals surface area contributed by atoms with Gasteiger partial charge in [0.05, 0.1) is 0 Å². The van der Waals surface area contributed by atoms with Crippen molar-refractivity contribution in [1.82, 2.24) is 0 Å². The normalized spacial score (nSPS) is 14.3. The first kappa shape index (κ1) is 5.31. The summed E-state index contributed by atoms with van der Waals surface area (Å²) >= 11 is 5.87. The molecule has 0 aromatic heterocycles. The summed E-state index contributed by atoms with van der Waals surface area (Å²) in [6, 6.07) is 6.31. The van der Waals surface area contributed by atoms with E-state index in [1.165, 1.54) is 17.5 Å². The fraction of sp³-hybridized carbons (Fsp3) is 0.250. The standard InChI is InChI=1S/C8H7Cl/c9-8-5-6-1-3-7(8)4-2-6/h1,3,5H,2,4H2. The van der Waals surface area contributed by atoms with Gasteiger partial charge in [0.2, 0.25) is 0 Å². The number of rotatable bonds is 0. The van der Waals surface area contributed by atoms with E-state index >= 15 is 0 Å². The molecule has 0 nitrogen and oxygen atoms in total. The second kappa shape index (κ2) is 1.74. The van der Waals surface area contributed by atoms with Crippen molar-refractivity contribution in [3.05, 3.63) is 34.3 Å². The summed E-state index contributed by atoms with van der Waals surface area (Å²) in [5.74, 6) is 0. The van der Waals surface area contributed by atoms with Crippen LogP contribution >= 0.6 is 11.6 Å². The van der Waals surface area contributed by atoms with Crippen molar-refractivity contribution in [2.45, 2.75) is 12.8 Å². The predicted octanol–water partition coefficient (Wildman–Crippen LogP) is 2.44. The third-order valence-electron chi connectivity index (χ3n) is 1.80. The second-order valence-electron chi connectivity index (χ2n) is 2.43. The van der Waals surface area contributed by atoms with Gasteiger partial charge in [0, 0.05) is 5.02 Å². The van der Waals surface area contributed by atoms with Gasteiger partial charge in [-0.25, -0.2) is 0 Å². The van der Waals surface area contributed by atoms with Gasteiger partial charge in [-0.3, -0.25) is 0 Å². The van der Waals surface area contributed by atoms with E-state index in [1.54, 1.807) is 0 Å². The van der Waals surface area contributed by atoms with Crippen molar-refractivity contribution >= 4 is 11.6 Å². The summed E-state index contributed by atoms with van der Waals surface area (Å²) < 4.78 is 0. The van der Waals surface area contributed by atoms with Crippen LogP contribution in [0.25, 0.3) is 0 Å². The van der Waals surface area contributed by atoms with E-state index < -0.39 is 0 Å². The Hall–Kier alpha value is -0.490. The average molecular weight is 139 g/mol. The largest absolute Gasteiger partial charge is 0.0840 e. The van der Waals surface area contributed by atoms with Crippen LogP contribution in [0.2, 0.25) is 5.02 Å². The van der Waals surface area contributed by atoms with Gasteiger partial charge in [-0.05, 0) is 30.0 Å². The Labute approximate surface area is 59.5 Å². The zero-order valence-corrected chi connectivity index (χ0v) is 5.78. The number of benzene rings is 1. The first-order chi connectivity index (χ1) is 4.36. The Morgan fingerprint density at radius 1 is 1.22 bits per heavy atom. The van der Waals surface area contributed by atoms with Crippen LogP contribution in [0.5, 0.6) is 0 Å². The first-order valence-corrected chi connectivity index (χ1v) is 3.51. The van der Waals surface area contributed by atoms with Crippen molar-refractivity contribution in [1.29, 1.82) is 0 Å². The Kier molecular flexibility index (Phi) is 1.03. The van der Waals surface area contributed by atoms with Crippen LogP contribution in [-0.4, -0.2) is 0 Å². The summed E-state index contributed by atoms with van der Waals surface area (Å²) in [6.07, 6.45) is 2.32. The van der Waals surface area contributed by atoms with E-state index in [4.69, 9.17) is 11.6 Å². The molecule has 2 aliphatic carbocycles. The smallest absolute Gasteiger partial charge is 0.0440 e. The molecule has 0 heterocycles. The average Bonchev–Trinajstić information content (AvgIpc) is 1.90. The Balaban J connectivity index is 2.70. The number of halogens is 1. The third-order valence-corrected chi connectivity index (χ3v) is 2.15. The van der Waals surface area contributed by atoms with E-state index in [0.717, 1.165) is 11.4 Å². The van der Waals surface area contributed by atoms with Gasteiger partial charge in [-0.15, -0.1) is 0 Å². The number of hydrogen-bond donors (Lipinski definition) is 0. The molecule has 0 saturated heterocycles. The van der Waals surface area contributed by atoms with Crippen molar-refractivity contribution < 1.29 is 0 Å². The van der Waals surface area contributed by atoms with E-state index in [2.05, 4.69) is 18.2 Å². The van der Waals surface area contributed by atoms with Crippen LogP contribution in [0.1, 0.15) is 11.1 Å². The number of hydrogen-bond acceptors (Lipinski definition) is 0. The molecule has 0 unspecified atom stereocenters. The predicted molar refractivity (Wildman–Crippen MR) is 38.9 cm³/mol. The molecule has 2 bridgehead atoms. The molecule has 0 fully saturated rings. The van der Waals surface area contributed by atoms with E-state index in [0.29, 0.717) is 0 Å². The molecule has 1 heteroatoms. The van der Waals surface area contributed by atoms with Crippen molar-refractivity contribution in [2.75, 3.05) is 0 Å². The fourth-order valence-electron chi connectivity index (χ4n) is 1.23. The molecule has 1 aromatic carbocycles. The molecular weight excluding hydrogens is 132 g/mol. The molecule has 9 heavy (non-hydrogen) atoms. The zero-order chi connectivity index (χ0) is 6.27. The monoisotopic (exact) mass is 138 g/mol. The van der Waals surface area contributed by atoms with Crippen molar-refractivity contribution in [3.63, 3.8) is 0 Å². The lowest BCUT2D eigenvalue weighted by Gasteiger charge is -2.12. The van der Waals surface area contributed by atoms with Crippen molar-refractivity contribution in [3.8, 4) is 0 Å². The van der Waals surface area contributed by atoms with Gasteiger partial charge in [0.1, 0.15) is 0 Å². The highest BCUT2D eigenvalue weighted by molar-refractivity contribution is 6.31. The highest BCUT2D eigenvalue weighted by atomic mass is 35.5. The molecule has 3 rings (SSSR count). The van der Waals surface area contributed by atoms with Gasteiger partial charge in [-0.2, -0.15) is 0 Å². The highest BCUT2D eigenvalue weighted by Gasteiger charge is 2.07. The van der Waals surface area contributed by atoms with Crippen LogP contribution < -0.4 is 0 Å². The van der Waals surface area contributed by atoms with Gasteiger partial charge < -0.3 is 0 Å².